The van der Waals surface area contributed by atoms with Gasteiger partial charge in [0.25, 0.3) is 5.91 Å². The Morgan fingerprint density at radius 2 is 2.00 bits per heavy atom. The normalized spacial score (nSPS) is 17.2. The molecule has 1 fully saturated rings. The van der Waals surface area contributed by atoms with E-state index >= 15 is 0 Å². The quantitative estimate of drug-likeness (QED) is 0.762. The number of aliphatic hydroxyl groups is 1. The zero-order valence-corrected chi connectivity index (χ0v) is 11.4. The molecule has 1 aromatic rings. The second-order valence-electron chi connectivity index (χ2n) is 5.19. The molecule has 0 atom stereocenters. The van der Waals surface area contributed by atoms with Crippen molar-refractivity contribution in [3.05, 3.63) is 29.8 Å². The molecule has 2 rings (SSSR count). The number of nitrogens with one attached hydrogen (secondary N) is 2. The number of amides is 1. The number of benzene rings is 1. The summed E-state index contributed by atoms with van der Waals surface area (Å²) in [6.07, 6.45) is 3.64. The standard InChI is InChI=1S/C15H22N2O2/c1-2-16-13-8-4-3-7-12(13)14(18)17-11-15(19)9-5-6-10-15/h3-4,7-8,16,19H,2,5-6,9-11H2,1H3,(H,17,18). The Kier molecular flexibility index (Phi) is 4.43. The van der Waals surface area contributed by atoms with Gasteiger partial charge in [-0.15, -0.1) is 0 Å². The van der Waals surface area contributed by atoms with E-state index in [2.05, 4.69) is 10.6 Å². The lowest BCUT2D eigenvalue weighted by Crippen LogP contribution is -2.40. The predicted octanol–water partition coefficient (Wildman–Crippen LogP) is 2.15. The Morgan fingerprint density at radius 3 is 2.68 bits per heavy atom. The van der Waals surface area contributed by atoms with Crippen LogP contribution in [0.25, 0.3) is 0 Å². The van der Waals surface area contributed by atoms with Gasteiger partial charge in [-0.1, -0.05) is 25.0 Å². The maximum atomic E-state index is 12.2. The van der Waals surface area contributed by atoms with Gasteiger partial charge >= 0.3 is 0 Å². The highest BCUT2D eigenvalue weighted by atomic mass is 16.3. The van der Waals surface area contributed by atoms with Crippen molar-refractivity contribution in [1.82, 2.24) is 5.32 Å². The van der Waals surface area contributed by atoms with E-state index < -0.39 is 5.60 Å². The first kappa shape index (κ1) is 13.9. The minimum absolute atomic E-state index is 0.128. The Morgan fingerprint density at radius 1 is 1.32 bits per heavy atom. The molecule has 1 saturated carbocycles. The van der Waals surface area contributed by atoms with Crippen LogP contribution in [-0.4, -0.2) is 29.7 Å². The van der Waals surface area contributed by atoms with Crippen LogP contribution in [0.4, 0.5) is 5.69 Å². The molecule has 0 spiro atoms. The smallest absolute Gasteiger partial charge is 0.253 e. The lowest BCUT2D eigenvalue weighted by Gasteiger charge is -2.22. The second-order valence-corrected chi connectivity index (χ2v) is 5.19. The van der Waals surface area contributed by atoms with Gasteiger partial charge < -0.3 is 15.7 Å². The average Bonchev–Trinajstić information content (AvgIpc) is 2.85. The first-order chi connectivity index (χ1) is 9.14. The van der Waals surface area contributed by atoms with E-state index in [4.69, 9.17) is 0 Å². The third-order valence-electron chi connectivity index (χ3n) is 3.65. The molecule has 19 heavy (non-hydrogen) atoms. The summed E-state index contributed by atoms with van der Waals surface area (Å²) < 4.78 is 0. The monoisotopic (exact) mass is 262 g/mol. The summed E-state index contributed by atoms with van der Waals surface area (Å²) in [5.41, 5.74) is 0.759. The van der Waals surface area contributed by atoms with Gasteiger partial charge in [0.05, 0.1) is 11.2 Å². The predicted molar refractivity (Wildman–Crippen MR) is 76.4 cm³/mol. The average molecular weight is 262 g/mol. The van der Waals surface area contributed by atoms with E-state index in [9.17, 15) is 9.90 Å². The summed E-state index contributed by atoms with van der Waals surface area (Å²) in [6, 6.07) is 7.44. The molecule has 0 aromatic heterocycles. The van der Waals surface area contributed by atoms with Crippen molar-refractivity contribution < 1.29 is 9.90 Å². The van der Waals surface area contributed by atoms with Crippen LogP contribution < -0.4 is 10.6 Å². The summed E-state index contributed by atoms with van der Waals surface area (Å²) in [4.78, 5) is 12.2. The summed E-state index contributed by atoms with van der Waals surface area (Å²) in [6.45, 7) is 3.11. The van der Waals surface area contributed by atoms with Crippen LogP contribution in [0.2, 0.25) is 0 Å². The molecule has 0 radical (unpaired) electrons. The van der Waals surface area contributed by atoms with E-state index in [0.717, 1.165) is 37.9 Å². The molecule has 0 bridgehead atoms. The number of hydrogen-bond donors (Lipinski definition) is 3. The number of para-hydroxylation sites is 1. The summed E-state index contributed by atoms with van der Waals surface area (Å²) in [5, 5.41) is 16.3. The number of hydrogen-bond acceptors (Lipinski definition) is 3. The highest BCUT2D eigenvalue weighted by Crippen LogP contribution is 2.28. The number of rotatable bonds is 5. The molecule has 4 nitrogen and oxygen atoms in total. The van der Waals surface area contributed by atoms with E-state index in [0.29, 0.717) is 12.1 Å². The maximum Gasteiger partial charge on any atom is 0.253 e. The summed E-state index contributed by atoms with van der Waals surface area (Å²) in [7, 11) is 0. The van der Waals surface area contributed by atoms with Crippen molar-refractivity contribution in [2.24, 2.45) is 0 Å². The van der Waals surface area contributed by atoms with Crippen LogP contribution in [0.3, 0.4) is 0 Å². The van der Waals surface area contributed by atoms with Crippen molar-refractivity contribution in [3.8, 4) is 0 Å². The molecule has 1 aliphatic carbocycles. The molecule has 1 aromatic carbocycles. The maximum absolute atomic E-state index is 12.2. The van der Waals surface area contributed by atoms with Crippen molar-refractivity contribution >= 4 is 11.6 Å². The van der Waals surface area contributed by atoms with E-state index in [1.54, 1.807) is 6.07 Å². The van der Waals surface area contributed by atoms with Gasteiger partial charge in [0.1, 0.15) is 0 Å². The topological polar surface area (TPSA) is 61.4 Å². The minimum atomic E-state index is -0.706. The lowest BCUT2D eigenvalue weighted by molar-refractivity contribution is 0.0450. The van der Waals surface area contributed by atoms with Gasteiger partial charge in [-0.3, -0.25) is 4.79 Å². The van der Waals surface area contributed by atoms with Crippen molar-refractivity contribution in [2.45, 2.75) is 38.2 Å². The lowest BCUT2D eigenvalue weighted by atomic mass is 10.0. The van der Waals surface area contributed by atoms with Gasteiger partial charge in [-0.05, 0) is 31.9 Å². The van der Waals surface area contributed by atoms with E-state index in [-0.39, 0.29) is 5.91 Å². The van der Waals surface area contributed by atoms with Crippen LogP contribution in [-0.2, 0) is 0 Å². The molecule has 1 amide bonds. The van der Waals surface area contributed by atoms with Crippen molar-refractivity contribution in [2.75, 3.05) is 18.4 Å². The van der Waals surface area contributed by atoms with Crippen LogP contribution in [0.5, 0.6) is 0 Å². The van der Waals surface area contributed by atoms with Gasteiger partial charge in [0.2, 0.25) is 0 Å². The van der Waals surface area contributed by atoms with Gasteiger partial charge in [0, 0.05) is 18.8 Å². The molecule has 1 aliphatic rings. The Labute approximate surface area is 114 Å². The largest absolute Gasteiger partial charge is 0.388 e. The molecule has 0 saturated heterocycles. The zero-order valence-electron chi connectivity index (χ0n) is 11.4. The molecule has 104 valence electrons. The van der Waals surface area contributed by atoms with Crippen molar-refractivity contribution in [3.63, 3.8) is 0 Å². The first-order valence-corrected chi connectivity index (χ1v) is 6.98. The first-order valence-electron chi connectivity index (χ1n) is 6.98. The van der Waals surface area contributed by atoms with Crippen LogP contribution in [0.1, 0.15) is 43.0 Å². The summed E-state index contributed by atoms with van der Waals surface area (Å²) >= 11 is 0. The third kappa shape index (κ3) is 3.47. The highest BCUT2D eigenvalue weighted by Gasteiger charge is 2.31. The molecule has 0 unspecified atom stereocenters. The van der Waals surface area contributed by atoms with Crippen LogP contribution in [0.15, 0.2) is 24.3 Å². The zero-order chi connectivity index (χ0) is 13.7. The number of anilines is 1. The molecule has 4 heteroatoms. The van der Waals surface area contributed by atoms with E-state index in [1.807, 2.05) is 25.1 Å². The molecule has 0 aliphatic heterocycles. The molecule has 3 N–H and O–H groups in total. The highest BCUT2D eigenvalue weighted by molar-refractivity contribution is 5.99. The van der Waals surface area contributed by atoms with Crippen LogP contribution >= 0.6 is 0 Å². The van der Waals surface area contributed by atoms with Gasteiger partial charge in [0.15, 0.2) is 0 Å². The fraction of sp³-hybridized carbons (Fsp3) is 0.533. The Bertz CT molecular complexity index is 440. The Hall–Kier alpha value is -1.55. The summed E-state index contributed by atoms with van der Waals surface area (Å²) in [5.74, 6) is -0.128. The fourth-order valence-electron chi connectivity index (χ4n) is 2.58. The van der Waals surface area contributed by atoms with Gasteiger partial charge in [-0.25, -0.2) is 0 Å². The number of carbonyl (C=O) groups is 1. The molecular formula is C15H22N2O2. The second kappa shape index (κ2) is 6.06. The van der Waals surface area contributed by atoms with Crippen molar-refractivity contribution in [1.29, 1.82) is 0 Å². The fourth-order valence-corrected chi connectivity index (χ4v) is 2.58. The molecular weight excluding hydrogens is 240 g/mol. The minimum Gasteiger partial charge on any atom is -0.388 e. The van der Waals surface area contributed by atoms with Crippen LogP contribution in [0, 0.1) is 0 Å². The number of carbonyl (C=O) groups excluding carboxylic acids is 1. The van der Waals surface area contributed by atoms with E-state index in [1.165, 1.54) is 0 Å². The molecule has 0 heterocycles. The third-order valence-corrected chi connectivity index (χ3v) is 3.65. The van der Waals surface area contributed by atoms with Gasteiger partial charge in [-0.2, -0.15) is 0 Å². The Balaban J connectivity index is 1.99. The SMILES string of the molecule is CCNc1ccccc1C(=O)NCC1(O)CCCC1.